The largest absolute Gasteiger partial charge is 0.481 e. The van der Waals surface area contributed by atoms with Crippen molar-refractivity contribution in [2.75, 3.05) is 5.73 Å². The van der Waals surface area contributed by atoms with Crippen molar-refractivity contribution < 1.29 is 14.7 Å². The van der Waals surface area contributed by atoms with Crippen LogP contribution in [0.25, 0.3) is 0 Å². The molecule has 0 spiro atoms. The molecule has 0 bridgehead atoms. The zero-order chi connectivity index (χ0) is 15.1. The Balaban J connectivity index is 2.39. The number of amides is 1. The van der Waals surface area contributed by atoms with Crippen LogP contribution in [0.15, 0.2) is 18.3 Å². The maximum atomic E-state index is 11.9. The second kappa shape index (κ2) is 7.47. The highest BCUT2D eigenvalue weighted by Crippen LogP contribution is 2.11. The number of anilines is 1. The predicted molar refractivity (Wildman–Crippen MR) is 76.2 cm³/mol. The van der Waals surface area contributed by atoms with Crippen molar-refractivity contribution >= 4 is 17.6 Å². The fraction of sp³-hybridized carbons (Fsp3) is 0.500. The fourth-order valence-corrected chi connectivity index (χ4v) is 1.83. The Morgan fingerprint density at radius 2 is 2.10 bits per heavy atom. The van der Waals surface area contributed by atoms with Crippen molar-refractivity contribution in [3.63, 3.8) is 0 Å². The number of nitrogen functional groups attached to an aromatic ring is 1. The van der Waals surface area contributed by atoms with E-state index in [1.54, 1.807) is 19.1 Å². The summed E-state index contributed by atoms with van der Waals surface area (Å²) in [6.07, 6.45) is 3.58. The van der Waals surface area contributed by atoms with Crippen LogP contribution >= 0.6 is 0 Å². The zero-order valence-corrected chi connectivity index (χ0v) is 11.8. The van der Waals surface area contributed by atoms with Crippen LogP contribution in [0.4, 0.5) is 5.69 Å². The number of carbonyl (C=O) groups excluding carboxylic acids is 1. The number of nitrogens with one attached hydrogen (secondary N) is 1. The normalized spacial score (nSPS) is 13.5. The Hall–Kier alpha value is -2.11. The summed E-state index contributed by atoms with van der Waals surface area (Å²) in [6, 6.07) is 3.24. The zero-order valence-electron chi connectivity index (χ0n) is 11.8. The first-order valence-corrected chi connectivity index (χ1v) is 6.66. The van der Waals surface area contributed by atoms with E-state index in [1.165, 1.54) is 6.20 Å². The molecule has 6 nitrogen and oxygen atoms in total. The Labute approximate surface area is 118 Å². The van der Waals surface area contributed by atoms with Gasteiger partial charge in [-0.1, -0.05) is 13.3 Å². The molecule has 0 radical (unpaired) electrons. The summed E-state index contributed by atoms with van der Waals surface area (Å²) in [5.41, 5.74) is 6.25. The molecule has 1 aromatic heterocycles. The van der Waals surface area contributed by atoms with Gasteiger partial charge in [0, 0.05) is 12.2 Å². The highest BCUT2D eigenvalue weighted by atomic mass is 16.4. The molecule has 1 aromatic rings. The monoisotopic (exact) mass is 279 g/mol. The quantitative estimate of drug-likeness (QED) is 0.704. The number of hydrogen-bond donors (Lipinski definition) is 3. The maximum absolute atomic E-state index is 11.9. The predicted octanol–water partition coefficient (Wildman–Crippen LogP) is 1.67. The van der Waals surface area contributed by atoms with Crippen molar-refractivity contribution in [1.82, 2.24) is 10.3 Å². The van der Waals surface area contributed by atoms with Gasteiger partial charge in [-0.15, -0.1) is 0 Å². The molecule has 0 aliphatic rings. The van der Waals surface area contributed by atoms with Crippen LogP contribution in [0.5, 0.6) is 0 Å². The third-order valence-corrected chi connectivity index (χ3v) is 3.13. The van der Waals surface area contributed by atoms with Crippen LogP contribution in [0.3, 0.4) is 0 Å². The van der Waals surface area contributed by atoms with E-state index in [0.717, 1.165) is 12.8 Å². The number of aromatic nitrogens is 1. The third kappa shape index (κ3) is 4.87. The van der Waals surface area contributed by atoms with Gasteiger partial charge in [0.15, 0.2) is 5.69 Å². The van der Waals surface area contributed by atoms with Gasteiger partial charge < -0.3 is 16.2 Å². The molecular formula is C14H21N3O3. The lowest BCUT2D eigenvalue weighted by Crippen LogP contribution is -2.33. The number of aliphatic carboxylic acids is 1. The first kappa shape index (κ1) is 15.9. The number of hydrogen-bond acceptors (Lipinski definition) is 4. The van der Waals surface area contributed by atoms with Crippen molar-refractivity contribution in [3.05, 3.63) is 24.0 Å². The van der Waals surface area contributed by atoms with E-state index < -0.39 is 5.97 Å². The number of carboxylic acids is 1. The number of rotatable bonds is 7. The van der Waals surface area contributed by atoms with Crippen LogP contribution in [0, 0.1) is 5.92 Å². The van der Waals surface area contributed by atoms with Crippen molar-refractivity contribution in [1.29, 1.82) is 0 Å². The summed E-state index contributed by atoms with van der Waals surface area (Å²) < 4.78 is 0. The summed E-state index contributed by atoms with van der Waals surface area (Å²) >= 11 is 0. The molecule has 0 fully saturated rings. The van der Waals surface area contributed by atoms with Gasteiger partial charge in [-0.05, 0) is 31.9 Å². The smallest absolute Gasteiger partial charge is 0.306 e. The van der Waals surface area contributed by atoms with Gasteiger partial charge in [-0.25, -0.2) is 4.98 Å². The summed E-state index contributed by atoms with van der Waals surface area (Å²) in [7, 11) is 0. The molecule has 6 heteroatoms. The Kier molecular flexibility index (Phi) is 5.96. The highest BCUT2D eigenvalue weighted by molar-refractivity contribution is 5.97. The molecule has 2 atom stereocenters. The van der Waals surface area contributed by atoms with Crippen molar-refractivity contribution in [2.24, 2.45) is 5.92 Å². The lowest BCUT2D eigenvalue weighted by atomic mass is 10.0. The summed E-state index contributed by atoms with van der Waals surface area (Å²) in [6.45, 7) is 3.56. The molecular weight excluding hydrogens is 258 g/mol. The summed E-state index contributed by atoms with van der Waals surface area (Å²) in [4.78, 5) is 26.6. The lowest BCUT2D eigenvalue weighted by molar-refractivity contribution is -0.141. The van der Waals surface area contributed by atoms with E-state index in [0.29, 0.717) is 12.1 Å². The second-order valence-electron chi connectivity index (χ2n) is 4.99. The maximum Gasteiger partial charge on any atom is 0.306 e. The van der Waals surface area contributed by atoms with E-state index in [1.807, 2.05) is 6.92 Å². The first-order valence-electron chi connectivity index (χ1n) is 6.66. The van der Waals surface area contributed by atoms with E-state index in [2.05, 4.69) is 10.3 Å². The Morgan fingerprint density at radius 1 is 1.40 bits per heavy atom. The minimum atomic E-state index is -0.789. The van der Waals surface area contributed by atoms with Gasteiger partial charge in [0.05, 0.1) is 11.6 Å². The van der Waals surface area contributed by atoms with Crippen LogP contribution in [0.2, 0.25) is 0 Å². The molecule has 4 N–H and O–H groups in total. The molecule has 110 valence electrons. The molecule has 2 unspecified atom stereocenters. The minimum absolute atomic E-state index is 0.0510. The van der Waals surface area contributed by atoms with Gasteiger partial charge in [-0.3, -0.25) is 9.59 Å². The van der Waals surface area contributed by atoms with Crippen LogP contribution in [-0.2, 0) is 4.79 Å². The number of carboxylic acid groups (broad SMARTS) is 1. The molecule has 1 amide bonds. The van der Waals surface area contributed by atoms with E-state index in [-0.39, 0.29) is 23.6 Å². The number of carbonyl (C=O) groups is 2. The van der Waals surface area contributed by atoms with Gasteiger partial charge in [-0.2, -0.15) is 0 Å². The summed E-state index contributed by atoms with van der Waals surface area (Å²) in [5, 5.41) is 11.6. The van der Waals surface area contributed by atoms with Crippen molar-refractivity contribution in [3.8, 4) is 0 Å². The molecule has 1 heterocycles. The molecule has 0 aliphatic carbocycles. The molecule has 0 aliphatic heterocycles. The molecule has 0 saturated heterocycles. The molecule has 0 saturated carbocycles. The average molecular weight is 279 g/mol. The third-order valence-electron chi connectivity index (χ3n) is 3.13. The molecule has 1 rings (SSSR count). The van der Waals surface area contributed by atoms with E-state index >= 15 is 0 Å². The van der Waals surface area contributed by atoms with Gasteiger partial charge >= 0.3 is 5.97 Å². The van der Waals surface area contributed by atoms with Gasteiger partial charge in [0.1, 0.15) is 0 Å². The average Bonchev–Trinajstić information content (AvgIpc) is 2.38. The number of pyridine rings is 1. The lowest BCUT2D eigenvalue weighted by Gasteiger charge is -2.14. The Bertz CT molecular complexity index is 476. The SMILES string of the molecule is CC(CCCC(C)C(=O)O)NC(=O)c1ncccc1N. The molecule has 0 aromatic carbocycles. The van der Waals surface area contributed by atoms with Crippen LogP contribution in [0.1, 0.15) is 43.6 Å². The highest BCUT2D eigenvalue weighted by Gasteiger charge is 2.15. The number of nitrogens with zero attached hydrogens (tertiary/aromatic N) is 1. The first-order chi connectivity index (χ1) is 9.41. The van der Waals surface area contributed by atoms with Crippen LogP contribution in [-0.4, -0.2) is 28.0 Å². The summed E-state index contributed by atoms with van der Waals surface area (Å²) in [5.74, 6) is -1.45. The van der Waals surface area contributed by atoms with Crippen LogP contribution < -0.4 is 11.1 Å². The van der Waals surface area contributed by atoms with E-state index in [4.69, 9.17) is 10.8 Å². The molecule has 20 heavy (non-hydrogen) atoms. The number of nitrogens with two attached hydrogens (primary N) is 1. The topological polar surface area (TPSA) is 105 Å². The Morgan fingerprint density at radius 3 is 2.70 bits per heavy atom. The fourth-order valence-electron chi connectivity index (χ4n) is 1.83. The minimum Gasteiger partial charge on any atom is -0.481 e. The van der Waals surface area contributed by atoms with E-state index in [9.17, 15) is 9.59 Å². The van der Waals surface area contributed by atoms with Gasteiger partial charge in [0.25, 0.3) is 5.91 Å². The van der Waals surface area contributed by atoms with Crippen molar-refractivity contribution in [2.45, 2.75) is 39.2 Å². The standard InChI is InChI=1S/C14H21N3O3/c1-9(14(19)20)5-3-6-10(2)17-13(18)12-11(15)7-4-8-16-12/h4,7-10H,3,5-6,15H2,1-2H3,(H,17,18)(H,19,20). The second-order valence-corrected chi connectivity index (χ2v) is 4.99. The van der Waals surface area contributed by atoms with Gasteiger partial charge in [0.2, 0.25) is 0 Å².